The largest absolute Gasteiger partial charge is 0.393 e. The maximum Gasteiger partial charge on any atom is 0.0681 e. The van der Waals surface area contributed by atoms with Gasteiger partial charge in [-0.05, 0) is 31.0 Å². The van der Waals surface area contributed by atoms with Crippen LogP contribution in [0.2, 0.25) is 0 Å². The molecule has 0 radical (unpaired) electrons. The third kappa shape index (κ3) is 4.13. The monoisotopic (exact) mass is 212 g/mol. The van der Waals surface area contributed by atoms with Crippen LogP contribution in [-0.2, 0) is 6.61 Å². The van der Waals surface area contributed by atoms with Gasteiger partial charge in [0.2, 0.25) is 0 Å². The molecule has 0 amide bonds. The first-order chi connectivity index (χ1) is 6.72. The van der Waals surface area contributed by atoms with E-state index in [1.165, 1.54) is 4.90 Å². The molecule has 0 heterocycles. The van der Waals surface area contributed by atoms with E-state index in [0.29, 0.717) is 0 Å². The van der Waals surface area contributed by atoms with E-state index in [9.17, 15) is 0 Å². The predicted octanol–water partition coefficient (Wildman–Crippen LogP) is 2.04. The van der Waals surface area contributed by atoms with Gasteiger partial charge in [0.25, 0.3) is 0 Å². The van der Waals surface area contributed by atoms with Crippen LogP contribution in [0.4, 0.5) is 0 Å². The molecule has 2 N–H and O–H groups in total. The summed E-state index contributed by atoms with van der Waals surface area (Å²) in [4.78, 5) is 1.18. The molecule has 1 aromatic rings. The molecule has 0 aliphatic heterocycles. The molecule has 0 saturated carbocycles. The van der Waals surface area contributed by atoms with Crippen molar-refractivity contribution in [2.24, 2.45) is 0 Å². The number of hydrogen-bond donors (Lipinski definition) is 2. The van der Waals surface area contributed by atoms with Crippen molar-refractivity contribution in [1.82, 2.24) is 0 Å². The Bertz CT molecular complexity index is 256. The lowest BCUT2D eigenvalue weighted by molar-refractivity contribution is 0.192. The van der Waals surface area contributed by atoms with Gasteiger partial charge in [-0.25, -0.2) is 0 Å². The Balaban J connectivity index is 2.36. The SMILES string of the molecule is CC(O)CCSc1ccc(CO)cc1. The summed E-state index contributed by atoms with van der Waals surface area (Å²) in [5.41, 5.74) is 0.935. The van der Waals surface area contributed by atoms with Crippen LogP contribution in [0.3, 0.4) is 0 Å². The van der Waals surface area contributed by atoms with Crippen LogP contribution in [0.5, 0.6) is 0 Å². The molecule has 3 heteroatoms. The van der Waals surface area contributed by atoms with E-state index in [-0.39, 0.29) is 12.7 Å². The first-order valence-electron chi connectivity index (χ1n) is 4.73. The number of aliphatic hydroxyl groups is 2. The van der Waals surface area contributed by atoms with E-state index in [2.05, 4.69) is 0 Å². The lowest BCUT2D eigenvalue weighted by atomic mass is 10.2. The highest BCUT2D eigenvalue weighted by molar-refractivity contribution is 7.99. The highest BCUT2D eigenvalue weighted by Crippen LogP contribution is 2.19. The Kier molecular flexibility index (Phi) is 5.01. The topological polar surface area (TPSA) is 40.5 Å². The smallest absolute Gasteiger partial charge is 0.0681 e. The first-order valence-corrected chi connectivity index (χ1v) is 5.71. The third-order valence-corrected chi connectivity index (χ3v) is 2.96. The van der Waals surface area contributed by atoms with Crippen molar-refractivity contribution in [2.45, 2.75) is 31.0 Å². The maximum atomic E-state index is 9.07. The van der Waals surface area contributed by atoms with Crippen LogP contribution < -0.4 is 0 Å². The van der Waals surface area contributed by atoms with Crippen molar-refractivity contribution in [3.63, 3.8) is 0 Å². The molecule has 0 spiro atoms. The third-order valence-electron chi connectivity index (χ3n) is 1.91. The van der Waals surface area contributed by atoms with Gasteiger partial charge >= 0.3 is 0 Å². The summed E-state index contributed by atoms with van der Waals surface area (Å²) < 4.78 is 0. The van der Waals surface area contributed by atoms with Gasteiger partial charge < -0.3 is 10.2 Å². The fourth-order valence-electron chi connectivity index (χ4n) is 1.04. The fourth-order valence-corrected chi connectivity index (χ4v) is 2.06. The van der Waals surface area contributed by atoms with Gasteiger partial charge in [0, 0.05) is 10.6 Å². The normalized spacial score (nSPS) is 12.8. The zero-order valence-electron chi connectivity index (χ0n) is 8.31. The van der Waals surface area contributed by atoms with Gasteiger partial charge in [0.15, 0.2) is 0 Å². The van der Waals surface area contributed by atoms with E-state index in [1.807, 2.05) is 24.3 Å². The molecule has 14 heavy (non-hydrogen) atoms. The standard InChI is InChI=1S/C11H16O2S/c1-9(13)6-7-14-11-4-2-10(8-12)3-5-11/h2-5,9,12-13H,6-8H2,1H3. The van der Waals surface area contributed by atoms with E-state index < -0.39 is 0 Å². The summed E-state index contributed by atoms with van der Waals surface area (Å²) in [6.45, 7) is 1.90. The zero-order valence-corrected chi connectivity index (χ0v) is 9.13. The van der Waals surface area contributed by atoms with Gasteiger partial charge in [-0.15, -0.1) is 11.8 Å². The van der Waals surface area contributed by atoms with Crippen LogP contribution in [0, 0.1) is 0 Å². The highest BCUT2D eigenvalue weighted by atomic mass is 32.2. The fraction of sp³-hybridized carbons (Fsp3) is 0.455. The molecule has 1 unspecified atom stereocenters. The summed E-state index contributed by atoms with van der Waals surface area (Å²) >= 11 is 1.73. The Labute approximate surface area is 89.0 Å². The number of benzene rings is 1. The minimum atomic E-state index is -0.223. The average Bonchev–Trinajstić information content (AvgIpc) is 2.18. The lowest BCUT2D eigenvalue weighted by Crippen LogP contribution is -2.00. The highest BCUT2D eigenvalue weighted by Gasteiger charge is 1.98. The van der Waals surface area contributed by atoms with Crippen LogP contribution in [0.25, 0.3) is 0 Å². The second-order valence-electron chi connectivity index (χ2n) is 3.29. The summed E-state index contributed by atoms with van der Waals surface area (Å²) in [5, 5.41) is 17.9. The van der Waals surface area contributed by atoms with Crippen molar-refractivity contribution < 1.29 is 10.2 Å². The summed E-state index contributed by atoms with van der Waals surface area (Å²) in [5.74, 6) is 0.927. The van der Waals surface area contributed by atoms with E-state index >= 15 is 0 Å². The number of hydrogen-bond acceptors (Lipinski definition) is 3. The number of thioether (sulfide) groups is 1. The van der Waals surface area contributed by atoms with Crippen LogP contribution in [0.1, 0.15) is 18.9 Å². The summed E-state index contributed by atoms with van der Waals surface area (Å²) in [7, 11) is 0. The van der Waals surface area contributed by atoms with Crippen LogP contribution in [0.15, 0.2) is 29.2 Å². The van der Waals surface area contributed by atoms with E-state index in [0.717, 1.165) is 17.7 Å². The minimum absolute atomic E-state index is 0.0959. The van der Waals surface area contributed by atoms with Crippen LogP contribution >= 0.6 is 11.8 Å². The minimum Gasteiger partial charge on any atom is -0.393 e. The van der Waals surface area contributed by atoms with Gasteiger partial charge in [-0.2, -0.15) is 0 Å². The van der Waals surface area contributed by atoms with Crippen LogP contribution in [-0.4, -0.2) is 22.1 Å². The van der Waals surface area contributed by atoms with Crippen molar-refractivity contribution in [3.8, 4) is 0 Å². The summed E-state index contributed by atoms with van der Waals surface area (Å²) in [6, 6.07) is 7.84. The van der Waals surface area contributed by atoms with Crippen molar-refractivity contribution in [2.75, 3.05) is 5.75 Å². The second kappa shape index (κ2) is 6.06. The van der Waals surface area contributed by atoms with Crippen molar-refractivity contribution >= 4 is 11.8 Å². The molecule has 0 aliphatic carbocycles. The molecule has 0 aliphatic rings. The molecular weight excluding hydrogens is 196 g/mol. The Hall–Kier alpha value is -0.510. The molecule has 0 aromatic heterocycles. The Morgan fingerprint density at radius 2 is 1.93 bits per heavy atom. The van der Waals surface area contributed by atoms with Gasteiger partial charge in [0.1, 0.15) is 0 Å². The number of rotatable bonds is 5. The molecule has 0 bridgehead atoms. The van der Waals surface area contributed by atoms with Gasteiger partial charge in [0.05, 0.1) is 12.7 Å². The molecule has 0 fully saturated rings. The molecule has 2 nitrogen and oxygen atoms in total. The lowest BCUT2D eigenvalue weighted by Gasteiger charge is -2.04. The molecular formula is C11H16O2S. The van der Waals surface area contributed by atoms with E-state index in [4.69, 9.17) is 10.2 Å². The molecule has 1 aromatic carbocycles. The maximum absolute atomic E-state index is 9.07. The summed E-state index contributed by atoms with van der Waals surface area (Å²) in [6.07, 6.45) is 0.589. The van der Waals surface area contributed by atoms with Gasteiger partial charge in [-0.1, -0.05) is 12.1 Å². The van der Waals surface area contributed by atoms with E-state index in [1.54, 1.807) is 18.7 Å². The first kappa shape index (κ1) is 11.6. The molecule has 78 valence electrons. The Morgan fingerprint density at radius 3 is 2.43 bits per heavy atom. The molecule has 1 rings (SSSR count). The molecule has 0 saturated heterocycles. The average molecular weight is 212 g/mol. The number of aliphatic hydroxyl groups excluding tert-OH is 2. The molecule has 1 atom stereocenters. The zero-order chi connectivity index (χ0) is 10.4. The van der Waals surface area contributed by atoms with Gasteiger partial charge in [-0.3, -0.25) is 0 Å². The predicted molar refractivity (Wildman–Crippen MR) is 59.4 cm³/mol. The Morgan fingerprint density at radius 1 is 1.29 bits per heavy atom. The van der Waals surface area contributed by atoms with Crippen molar-refractivity contribution in [3.05, 3.63) is 29.8 Å². The van der Waals surface area contributed by atoms with Crippen molar-refractivity contribution in [1.29, 1.82) is 0 Å². The second-order valence-corrected chi connectivity index (χ2v) is 4.46. The quantitative estimate of drug-likeness (QED) is 0.734.